The average Bonchev–Trinajstić information content (AvgIpc) is 2.95. The second kappa shape index (κ2) is 6.18. The summed E-state index contributed by atoms with van der Waals surface area (Å²) in [5, 5.41) is 16.6. The van der Waals surface area contributed by atoms with Gasteiger partial charge in [0.25, 0.3) is 0 Å². The molecule has 4 nitrogen and oxygen atoms in total. The third-order valence-corrected chi connectivity index (χ3v) is 6.32. The minimum atomic E-state index is -0.843. The molecule has 1 aromatic carbocycles. The summed E-state index contributed by atoms with van der Waals surface area (Å²) in [6.07, 6.45) is 3.76. The van der Waals surface area contributed by atoms with Crippen LogP contribution in [0.3, 0.4) is 0 Å². The number of nitrogens with one attached hydrogen (secondary N) is 1. The third kappa shape index (κ3) is 2.70. The first-order valence-electron chi connectivity index (χ1n) is 10.1. The second-order valence-electron chi connectivity index (χ2n) is 8.29. The Bertz CT molecular complexity index is 1040. The van der Waals surface area contributed by atoms with Crippen molar-refractivity contribution in [3.05, 3.63) is 64.1 Å². The van der Waals surface area contributed by atoms with Crippen LogP contribution in [-0.4, -0.2) is 21.2 Å². The van der Waals surface area contributed by atoms with E-state index in [1.54, 1.807) is 0 Å². The molecule has 3 heterocycles. The van der Waals surface area contributed by atoms with Gasteiger partial charge in [-0.1, -0.05) is 17.7 Å². The molecule has 0 bridgehead atoms. The topological polar surface area (TPSA) is 50.1 Å². The molecule has 2 N–H and O–H groups in total. The summed E-state index contributed by atoms with van der Waals surface area (Å²) in [7, 11) is 0. The Labute approximate surface area is 160 Å². The summed E-state index contributed by atoms with van der Waals surface area (Å²) >= 11 is 0. The largest absolute Gasteiger partial charge is 0.383 e. The predicted octanol–water partition coefficient (Wildman–Crippen LogP) is 3.52. The van der Waals surface area contributed by atoms with E-state index in [9.17, 15) is 5.11 Å². The lowest BCUT2D eigenvalue weighted by Crippen LogP contribution is -2.37. The van der Waals surface area contributed by atoms with E-state index in [1.807, 2.05) is 13.0 Å². The van der Waals surface area contributed by atoms with E-state index in [0.717, 1.165) is 55.7 Å². The monoisotopic (exact) mass is 361 g/mol. The normalized spacial score (nSPS) is 21.9. The van der Waals surface area contributed by atoms with Crippen molar-refractivity contribution in [2.45, 2.75) is 58.2 Å². The number of aryl methyl sites for hydroxylation is 3. The Morgan fingerprint density at radius 2 is 2.07 bits per heavy atom. The highest BCUT2D eigenvalue weighted by atomic mass is 16.3. The predicted molar refractivity (Wildman–Crippen MR) is 108 cm³/mol. The fraction of sp³-hybridized carbons (Fsp3) is 0.435. The number of benzene rings is 1. The SMILES string of the molecule is Cc1ccc2c(c1)c1c(n2CC2(O)CCCc3nc(C)ccc32)CCNC1. The van der Waals surface area contributed by atoms with E-state index in [4.69, 9.17) is 4.98 Å². The Balaban J connectivity index is 1.66. The quantitative estimate of drug-likeness (QED) is 0.734. The molecule has 0 spiro atoms. The van der Waals surface area contributed by atoms with Crippen LogP contribution in [0.5, 0.6) is 0 Å². The lowest BCUT2D eigenvalue weighted by molar-refractivity contribution is 0.00115. The maximum atomic E-state index is 11.7. The standard InChI is InChI=1S/C23H27N3O/c1-15-5-8-21-17(12-15)18-13-24-11-9-22(18)26(21)14-23(27)10-3-4-20-19(23)7-6-16(2)25-20/h5-8,12,24,27H,3-4,9-11,13-14H2,1-2H3. The minimum Gasteiger partial charge on any atom is -0.383 e. The Morgan fingerprint density at radius 3 is 2.96 bits per heavy atom. The highest BCUT2D eigenvalue weighted by molar-refractivity contribution is 5.86. The van der Waals surface area contributed by atoms with Crippen LogP contribution in [0.15, 0.2) is 30.3 Å². The number of rotatable bonds is 2. The molecule has 0 fully saturated rings. The van der Waals surface area contributed by atoms with Gasteiger partial charge in [0.1, 0.15) is 5.60 Å². The lowest BCUT2D eigenvalue weighted by Gasteiger charge is -2.35. The maximum absolute atomic E-state index is 11.7. The van der Waals surface area contributed by atoms with Crippen LogP contribution in [0, 0.1) is 13.8 Å². The first-order chi connectivity index (χ1) is 13.0. The van der Waals surface area contributed by atoms with E-state index >= 15 is 0 Å². The first-order valence-corrected chi connectivity index (χ1v) is 10.1. The van der Waals surface area contributed by atoms with Crippen molar-refractivity contribution in [3.63, 3.8) is 0 Å². The van der Waals surface area contributed by atoms with E-state index in [2.05, 4.69) is 41.1 Å². The van der Waals surface area contributed by atoms with Gasteiger partial charge in [-0.05, 0) is 56.9 Å². The van der Waals surface area contributed by atoms with Crippen molar-refractivity contribution in [1.82, 2.24) is 14.9 Å². The zero-order valence-corrected chi connectivity index (χ0v) is 16.2. The van der Waals surface area contributed by atoms with Crippen LogP contribution in [-0.2, 0) is 31.5 Å². The summed E-state index contributed by atoms with van der Waals surface area (Å²) in [6, 6.07) is 10.8. The molecule has 4 heteroatoms. The van der Waals surface area contributed by atoms with Gasteiger partial charge in [0.05, 0.1) is 6.54 Å². The zero-order chi connectivity index (χ0) is 18.6. The molecule has 3 aromatic rings. The van der Waals surface area contributed by atoms with Gasteiger partial charge in [-0.15, -0.1) is 0 Å². The van der Waals surface area contributed by atoms with E-state index in [1.165, 1.54) is 27.7 Å². The molecule has 0 amide bonds. The van der Waals surface area contributed by atoms with Crippen LogP contribution in [0.25, 0.3) is 10.9 Å². The Morgan fingerprint density at radius 1 is 1.19 bits per heavy atom. The Kier molecular flexibility index (Phi) is 3.88. The van der Waals surface area contributed by atoms with Crippen LogP contribution in [0.1, 0.15) is 46.6 Å². The number of nitrogens with zero attached hydrogens (tertiary/aromatic N) is 2. The van der Waals surface area contributed by atoms with Crippen molar-refractivity contribution in [2.24, 2.45) is 0 Å². The van der Waals surface area contributed by atoms with Gasteiger partial charge in [0.15, 0.2) is 0 Å². The van der Waals surface area contributed by atoms with E-state index in [-0.39, 0.29) is 0 Å². The van der Waals surface area contributed by atoms with E-state index in [0.29, 0.717) is 6.54 Å². The minimum absolute atomic E-state index is 0.611. The van der Waals surface area contributed by atoms with Crippen LogP contribution in [0.2, 0.25) is 0 Å². The zero-order valence-electron chi connectivity index (χ0n) is 16.2. The molecule has 0 saturated heterocycles. The number of aromatic nitrogens is 2. The number of hydrogen-bond donors (Lipinski definition) is 2. The van der Waals surface area contributed by atoms with Crippen LogP contribution in [0.4, 0.5) is 0 Å². The molecule has 2 aliphatic rings. The summed E-state index contributed by atoms with van der Waals surface area (Å²) in [5.74, 6) is 0. The first kappa shape index (κ1) is 17.0. The van der Waals surface area contributed by atoms with Crippen molar-refractivity contribution in [3.8, 4) is 0 Å². The molecule has 5 rings (SSSR count). The third-order valence-electron chi connectivity index (χ3n) is 6.32. The molecule has 2 aromatic heterocycles. The van der Waals surface area contributed by atoms with E-state index < -0.39 is 5.60 Å². The fourth-order valence-corrected chi connectivity index (χ4v) is 5.01. The van der Waals surface area contributed by atoms with Gasteiger partial charge < -0.3 is 15.0 Å². The fourth-order valence-electron chi connectivity index (χ4n) is 5.01. The van der Waals surface area contributed by atoms with Gasteiger partial charge in [0, 0.05) is 53.1 Å². The number of fused-ring (bicyclic) bond motifs is 4. The average molecular weight is 361 g/mol. The summed E-state index contributed by atoms with van der Waals surface area (Å²) in [4.78, 5) is 4.72. The van der Waals surface area contributed by atoms with Gasteiger partial charge in [0.2, 0.25) is 0 Å². The molecule has 1 aliphatic carbocycles. The number of hydrogen-bond acceptors (Lipinski definition) is 3. The van der Waals surface area contributed by atoms with Gasteiger partial charge >= 0.3 is 0 Å². The van der Waals surface area contributed by atoms with Gasteiger partial charge in [-0.25, -0.2) is 0 Å². The molecule has 1 unspecified atom stereocenters. The Hall–Kier alpha value is -2.17. The van der Waals surface area contributed by atoms with Gasteiger partial charge in [-0.2, -0.15) is 0 Å². The highest BCUT2D eigenvalue weighted by Crippen LogP contribution is 2.39. The van der Waals surface area contributed by atoms with Crippen molar-refractivity contribution in [1.29, 1.82) is 0 Å². The molecular formula is C23H27N3O. The maximum Gasteiger partial charge on any atom is 0.109 e. The summed E-state index contributed by atoms with van der Waals surface area (Å²) in [6.45, 7) is 6.70. The molecule has 1 aliphatic heterocycles. The van der Waals surface area contributed by atoms with Crippen LogP contribution < -0.4 is 5.32 Å². The molecule has 140 valence electrons. The number of aliphatic hydroxyl groups is 1. The second-order valence-corrected chi connectivity index (χ2v) is 8.29. The molecular weight excluding hydrogens is 334 g/mol. The van der Waals surface area contributed by atoms with Gasteiger partial charge in [-0.3, -0.25) is 4.98 Å². The molecule has 1 atom stereocenters. The smallest absolute Gasteiger partial charge is 0.109 e. The van der Waals surface area contributed by atoms with Crippen LogP contribution >= 0.6 is 0 Å². The summed E-state index contributed by atoms with van der Waals surface area (Å²) in [5.41, 5.74) is 7.61. The molecule has 27 heavy (non-hydrogen) atoms. The van der Waals surface area contributed by atoms with Crippen molar-refractivity contribution < 1.29 is 5.11 Å². The van der Waals surface area contributed by atoms with Crippen molar-refractivity contribution in [2.75, 3.05) is 6.54 Å². The molecule has 0 saturated carbocycles. The lowest BCUT2D eigenvalue weighted by atomic mass is 9.81. The highest BCUT2D eigenvalue weighted by Gasteiger charge is 2.37. The molecule has 0 radical (unpaired) electrons. The van der Waals surface area contributed by atoms with Crippen molar-refractivity contribution >= 4 is 10.9 Å². The number of pyridine rings is 1. The summed E-state index contributed by atoms with van der Waals surface area (Å²) < 4.78 is 2.39.